The molecule has 0 bridgehead atoms. The van der Waals surface area contributed by atoms with Crippen LogP contribution in [-0.2, 0) is 0 Å². The van der Waals surface area contributed by atoms with Gasteiger partial charge in [-0.1, -0.05) is 0 Å². The molecular formula is C19H22N2O5. The van der Waals surface area contributed by atoms with Gasteiger partial charge in [-0.15, -0.1) is 0 Å². The van der Waals surface area contributed by atoms with Crippen molar-refractivity contribution in [2.75, 3.05) is 27.9 Å². The molecule has 0 radical (unpaired) electrons. The van der Waals surface area contributed by atoms with Crippen LogP contribution in [0.2, 0.25) is 0 Å². The molecule has 3 rings (SSSR count). The first-order valence-electron chi connectivity index (χ1n) is 8.38. The zero-order valence-corrected chi connectivity index (χ0v) is 15.1. The molecule has 1 aliphatic heterocycles. The van der Waals surface area contributed by atoms with Gasteiger partial charge in [0.15, 0.2) is 5.75 Å². The zero-order valence-electron chi connectivity index (χ0n) is 15.1. The van der Waals surface area contributed by atoms with Crippen molar-refractivity contribution in [3.05, 3.63) is 51.9 Å². The Labute approximate surface area is 151 Å². The van der Waals surface area contributed by atoms with Crippen LogP contribution in [0.25, 0.3) is 0 Å². The van der Waals surface area contributed by atoms with Gasteiger partial charge in [-0.3, -0.25) is 9.59 Å². The number of carbonyl (C=O) groups excluding carboxylic acids is 1. The highest BCUT2D eigenvalue weighted by atomic mass is 16.5. The molecule has 7 heteroatoms. The van der Waals surface area contributed by atoms with Gasteiger partial charge in [0.05, 0.1) is 27.4 Å². The lowest BCUT2D eigenvalue weighted by atomic mass is 10.0. The molecule has 2 aromatic rings. The van der Waals surface area contributed by atoms with Crippen molar-refractivity contribution in [1.29, 1.82) is 0 Å². The zero-order chi connectivity index (χ0) is 18.7. The second-order valence-corrected chi connectivity index (χ2v) is 6.04. The minimum absolute atomic E-state index is 0.117. The van der Waals surface area contributed by atoms with E-state index in [1.54, 1.807) is 19.1 Å². The molecule has 1 aliphatic rings. The minimum Gasteiger partial charge on any atom is -0.497 e. The van der Waals surface area contributed by atoms with Gasteiger partial charge < -0.3 is 24.1 Å². The molecule has 1 N–H and O–H groups in total. The van der Waals surface area contributed by atoms with Gasteiger partial charge in [0.1, 0.15) is 17.2 Å². The number of pyridine rings is 1. The van der Waals surface area contributed by atoms with E-state index in [4.69, 9.17) is 14.2 Å². The standard InChI is InChI=1S/C19H22N2O5/c1-24-12-6-7-13(17(9-12)25-2)15-5-4-8-21(15)19(23)14-10-16(22)18(26-3)11-20-14/h6-7,9-11,15H,4-5,8H2,1-3H3,(H,20,22)/t15-/m1/s1. The highest BCUT2D eigenvalue weighted by Crippen LogP contribution is 2.39. The molecule has 7 nitrogen and oxygen atoms in total. The predicted molar refractivity (Wildman–Crippen MR) is 96.2 cm³/mol. The number of carbonyl (C=O) groups is 1. The van der Waals surface area contributed by atoms with Gasteiger partial charge in [-0.25, -0.2) is 0 Å². The Bertz CT molecular complexity index is 861. The molecule has 0 spiro atoms. The molecule has 1 aromatic heterocycles. The van der Waals surface area contributed by atoms with Crippen molar-refractivity contribution in [2.24, 2.45) is 0 Å². The molecule has 0 aliphatic carbocycles. The fourth-order valence-corrected chi connectivity index (χ4v) is 3.32. The number of ether oxygens (including phenoxy) is 3. The molecule has 1 fully saturated rings. The second-order valence-electron chi connectivity index (χ2n) is 6.04. The van der Waals surface area contributed by atoms with Gasteiger partial charge in [-0.05, 0) is 25.0 Å². The third kappa shape index (κ3) is 3.24. The number of hydrogen-bond donors (Lipinski definition) is 1. The van der Waals surface area contributed by atoms with Crippen molar-refractivity contribution >= 4 is 5.91 Å². The first kappa shape index (κ1) is 17.8. The average molecular weight is 358 g/mol. The molecule has 0 unspecified atom stereocenters. The summed E-state index contributed by atoms with van der Waals surface area (Å²) < 4.78 is 15.7. The molecule has 1 aromatic carbocycles. The Morgan fingerprint density at radius 1 is 1.12 bits per heavy atom. The smallest absolute Gasteiger partial charge is 0.270 e. The monoisotopic (exact) mass is 358 g/mol. The summed E-state index contributed by atoms with van der Waals surface area (Å²) in [5.41, 5.74) is 0.845. The van der Waals surface area contributed by atoms with E-state index in [1.807, 2.05) is 18.2 Å². The number of nitrogens with zero attached hydrogens (tertiary/aromatic N) is 1. The summed E-state index contributed by atoms with van der Waals surface area (Å²) in [6.07, 6.45) is 3.12. The number of rotatable bonds is 5. The van der Waals surface area contributed by atoms with Gasteiger partial charge in [0.2, 0.25) is 5.43 Å². The highest BCUT2D eigenvalue weighted by Gasteiger charge is 2.33. The van der Waals surface area contributed by atoms with Crippen LogP contribution in [0.3, 0.4) is 0 Å². The van der Waals surface area contributed by atoms with E-state index >= 15 is 0 Å². The number of nitrogens with one attached hydrogen (secondary N) is 1. The predicted octanol–water partition coefficient (Wildman–Crippen LogP) is 2.38. The largest absolute Gasteiger partial charge is 0.497 e. The summed E-state index contributed by atoms with van der Waals surface area (Å²) in [6, 6.07) is 6.75. The maximum atomic E-state index is 13.0. The van der Waals surface area contributed by atoms with Crippen molar-refractivity contribution in [3.8, 4) is 17.2 Å². The van der Waals surface area contributed by atoms with Gasteiger partial charge in [0.25, 0.3) is 5.91 Å². The van der Waals surface area contributed by atoms with Crippen LogP contribution in [0, 0.1) is 0 Å². The number of amides is 1. The Morgan fingerprint density at radius 2 is 1.88 bits per heavy atom. The molecule has 26 heavy (non-hydrogen) atoms. The van der Waals surface area contributed by atoms with Crippen LogP contribution in [-0.4, -0.2) is 43.7 Å². The van der Waals surface area contributed by atoms with Crippen LogP contribution in [0.5, 0.6) is 17.2 Å². The number of benzene rings is 1. The van der Waals surface area contributed by atoms with Crippen LogP contribution >= 0.6 is 0 Å². The highest BCUT2D eigenvalue weighted by molar-refractivity contribution is 5.93. The summed E-state index contributed by atoms with van der Waals surface area (Å²) in [5, 5.41) is 0. The lowest BCUT2D eigenvalue weighted by molar-refractivity contribution is 0.0728. The minimum atomic E-state index is -0.327. The maximum absolute atomic E-state index is 13.0. The van der Waals surface area contributed by atoms with E-state index in [0.717, 1.165) is 18.4 Å². The molecule has 1 atom stereocenters. The Hall–Kier alpha value is -2.96. The lowest BCUT2D eigenvalue weighted by Crippen LogP contribution is -2.32. The SMILES string of the molecule is COc1ccc([C@H]2CCCN2C(=O)c2cc(=O)c(OC)c[nH]2)c(OC)c1. The summed E-state index contributed by atoms with van der Waals surface area (Å²) >= 11 is 0. The molecule has 2 heterocycles. The van der Waals surface area contributed by atoms with Crippen molar-refractivity contribution in [3.63, 3.8) is 0 Å². The summed E-state index contributed by atoms with van der Waals surface area (Å²) in [7, 11) is 4.61. The van der Waals surface area contributed by atoms with E-state index in [9.17, 15) is 9.59 Å². The van der Waals surface area contributed by atoms with Crippen molar-refractivity contribution < 1.29 is 19.0 Å². The number of hydrogen-bond acceptors (Lipinski definition) is 5. The van der Waals surface area contributed by atoms with Gasteiger partial charge >= 0.3 is 0 Å². The number of aromatic nitrogens is 1. The van der Waals surface area contributed by atoms with Crippen molar-refractivity contribution in [1.82, 2.24) is 9.88 Å². The van der Waals surface area contributed by atoms with Crippen LogP contribution in [0.15, 0.2) is 35.3 Å². The second kappa shape index (κ2) is 7.51. The van der Waals surface area contributed by atoms with Crippen LogP contribution in [0.1, 0.15) is 34.9 Å². The van der Waals surface area contributed by atoms with Crippen LogP contribution in [0.4, 0.5) is 0 Å². The number of methoxy groups -OCH3 is 3. The fraction of sp³-hybridized carbons (Fsp3) is 0.368. The number of likely N-dealkylation sites (tertiary alicyclic amines) is 1. The Morgan fingerprint density at radius 3 is 2.54 bits per heavy atom. The maximum Gasteiger partial charge on any atom is 0.270 e. The number of H-pyrrole nitrogens is 1. The van der Waals surface area contributed by atoms with Gasteiger partial charge in [0, 0.05) is 30.4 Å². The molecule has 138 valence electrons. The Balaban J connectivity index is 1.92. The number of aromatic amines is 1. The topological polar surface area (TPSA) is 80.9 Å². The normalized spacial score (nSPS) is 16.4. The van der Waals surface area contributed by atoms with Crippen LogP contribution < -0.4 is 19.6 Å². The van der Waals surface area contributed by atoms with Crippen molar-refractivity contribution in [2.45, 2.75) is 18.9 Å². The molecule has 1 amide bonds. The molecule has 0 saturated carbocycles. The third-order valence-electron chi connectivity index (χ3n) is 4.64. The van der Waals surface area contributed by atoms with Gasteiger partial charge in [-0.2, -0.15) is 0 Å². The third-order valence-corrected chi connectivity index (χ3v) is 4.64. The molecule has 1 saturated heterocycles. The lowest BCUT2D eigenvalue weighted by Gasteiger charge is -2.26. The Kier molecular flexibility index (Phi) is 5.16. The summed E-state index contributed by atoms with van der Waals surface area (Å²) in [4.78, 5) is 29.5. The first-order chi connectivity index (χ1) is 12.6. The van der Waals surface area contributed by atoms with E-state index in [0.29, 0.717) is 18.0 Å². The van der Waals surface area contributed by atoms with E-state index in [1.165, 1.54) is 19.4 Å². The quantitative estimate of drug-likeness (QED) is 0.888. The summed E-state index contributed by atoms with van der Waals surface area (Å²) in [5.74, 6) is 1.33. The fourth-order valence-electron chi connectivity index (χ4n) is 3.32. The average Bonchev–Trinajstić information content (AvgIpc) is 3.16. The van der Waals surface area contributed by atoms with E-state index in [2.05, 4.69) is 4.98 Å². The summed E-state index contributed by atoms with van der Waals surface area (Å²) in [6.45, 7) is 0.618. The van der Waals surface area contributed by atoms with E-state index in [-0.39, 0.29) is 28.8 Å². The molecular weight excluding hydrogens is 336 g/mol. The van der Waals surface area contributed by atoms with E-state index < -0.39 is 0 Å². The first-order valence-corrected chi connectivity index (χ1v) is 8.38.